The van der Waals surface area contributed by atoms with Crippen molar-refractivity contribution in [1.29, 1.82) is 0 Å². The zero-order valence-electron chi connectivity index (χ0n) is 32.5. The molecule has 2 rings (SSSR count). The smallest absolute Gasteiger partial charge is 0.323 e. The molecule has 0 saturated carbocycles. The summed E-state index contributed by atoms with van der Waals surface area (Å²) >= 11 is 0. The molecule has 6 heteroatoms. The van der Waals surface area contributed by atoms with Crippen molar-refractivity contribution >= 4 is 11.9 Å². The van der Waals surface area contributed by atoms with E-state index in [-0.39, 0.29) is 36.8 Å². The van der Waals surface area contributed by atoms with Crippen molar-refractivity contribution in [3.05, 3.63) is 22.3 Å². The molecule has 0 amide bonds. The summed E-state index contributed by atoms with van der Waals surface area (Å²) < 4.78 is 24.3. The minimum absolute atomic E-state index is 0.0786. The summed E-state index contributed by atoms with van der Waals surface area (Å²) in [4.78, 5) is 26.0. The molecule has 0 radical (unpaired) electrons. The van der Waals surface area contributed by atoms with Gasteiger partial charge in [-0.1, -0.05) is 86.5 Å². The van der Waals surface area contributed by atoms with E-state index in [9.17, 15) is 9.59 Å². The molecular weight excluding hydrogens is 588 g/mol. The predicted molar refractivity (Wildman–Crippen MR) is 193 cm³/mol. The van der Waals surface area contributed by atoms with E-state index in [2.05, 4.69) is 41.5 Å². The van der Waals surface area contributed by atoms with Gasteiger partial charge in [0.25, 0.3) is 0 Å². The van der Waals surface area contributed by atoms with Crippen LogP contribution < -0.4 is 9.47 Å². The molecule has 0 saturated heterocycles. The van der Waals surface area contributed by atoms with Gasteiger partial charge in [-0.3, -0.25) is 9.59 Å². The highest BCUT2D eigenvalue weighted by Crippen LogP contribution is 2.45. The Morgan fingerprint density at radius 2 is 1.38 bits per heavy atom. The molecule has 1 aromatic carbocycles. The Balaban J connectivity index is 2.04. The van der Waals surface area contributed by atoms with E-state index in [1.165, 1.54) is 51.4 Å². The molecule has 1 aromatic rings. The lowest BCUT2D eigenvalue weighted by Gasteiger charge is -2.38. The zero-order chi connectivity index (χ0) is 35.5. The van der Waals surface area contributed by atoms with Crippen LogP contribution in [0.5, 0.6) is 11.5 Å². The number of carbonyl (C=O) groups is 2. The molecule has 1 aliphatic rings. The molecule has 0 N–H and O–H groups in total. The Bertz CT molecular complexity index is 1150. The average molecular weight is 659 g/mol. The fourth-order valence-corrected chi connectivity index (χ4v) is 6.54. The Labute approximate surface area is 288 Å². The Morgan fingerprint density at radius 1 is 0.809 bits per heavy atom. The van der Waals surface area contributed by atoms with Gasteiger partial charge in [0.1, 0.15) is 29.1 Å². The van der Waals surface area contributed by atoms with Gasteiger partial charge in [-0.15, -0.1) is 0 Å². The summed E-state index contributed by atoms with van der Waals surface area (Å²) in [6.45, 7) is 26.9. The molecular formula is C41H70O6. The lowest BCUT2D eigenvalue weighted by molar-refractivity contribution is -0.163. The first-order chi connectivity index (χ1) is 21.9. The van der Waals surface area contributed by atoms with Crippen molar-refractivity contribution in [3.8, 4) is 11.5 Å². The molecule has 1 aliphatic heterocycles. The fraction of sp³-hybridized carbons (Fsp3) is 0.805. The molecule has 6 nitrogen and oxygen atoms in total. The first-order valence-corrected chi connectivity index (χ1v) is 18.7. The maximum absolute atomic E-state index is 13.7. The van der Waals surface area contributed by atoms with Crippen molar-refractivity contribution in [2.75, 3.05) is 13.2 Å². The molecule has 47 heavy (non-hydrogen) atoms. The quantitative estimate of drug-likeness (QED) is 0.103. The second-order valence-electron chi connectivity index (χ2n) is 16.5. The highest BCUT2D eigenvalue weighted by molar-refractivity contribution is 5.81. The summed E-state index contributed by atoms with van der Waals surface area (Å²) in [5.74, 6) is 2.83. The van der Waals surface area contributed by atoms with Gasteiger partial charge < -0.3 is 18.9 Å². The Kier molecular flexibility index (Phi) is 16.3. The summed E-state index contributed by atoms with van der Waals surface area (Å²) in [7, 11) is 0. The number of hydrogen-bond acceptors (Lipinski definition) is 6. The number of benzene rings is 1. The molecule has 0 aromatic heterocycles. The van der Waals surface area contributed by atoms with Crippen LogP contribution >= 0.6 is 0 Å². The molecule has 0 bridgehead atoms. The van der Waals surface area contributed by atoms with Crippen molar-refractivity contribution in [3.63, 3.8) is 0 Å². The minimum Gasteiger partial charge on any atom is -0.487 e. The van der Waals surface area contributed by atoms with E-state index >= 15 is 0 Å². The third kappa shape index (κ3) is 12.7. The van der Waals surface area contributed by atoms with E-state index in [0.29, 0.717) is 5.75 Å². The normalized spacial score (nSPS) is 18.9. The number of esters is 2. The van der Waals surface area contributed by atoms with Crippen LogP contribution in [0.15, 0.2) is 0 Å². The lowest BCUT2D eigenvalue weighted by atomic mass is 9.83. The summed E-state index contributed by atoms with van der Waals surface area (Å²) in [5, 5.41) is 0. The molecule has 0 fully saturated rings. The molecule has 4 atom stereocenters. The monoisotopic (exact) mass is 659 g/mol. The SMILES string of the molecule is Cc1c(C)c2c(c(C)c1OC(=O)C(C)(COC(=O)C(C)C)COC(C)C)CC[C@@](C)(CCC[C@H](C)CCC[C@H](C)CCCC(C)C)O2. The highest BCUT2D eigenvalue weighted by atomic mass is 16.6. The first kappa shape index (κ1) is 41.1. The standard InChI is InChI=1S/C41H70O6/c1-27(2)17-14-18-30(7)19-15-20-31(8)21-16-23-41(13)24-22-35-34(11)36(32(9)33(10)37(35)47-41)46-39(43)40(12,25-44-29(5)6)26-45-38(42)28(3)4/h27-31H,14-26H2,1-13H3/t30-,31-,40?,41-/m1/s1. The van der Waals surface area contributed by atoms with Crippen molar-refractivity contribution in [2.24, 2.45) is 29.1 Å². The number of ether oxygens (including phenoxy) is 4. The predicted octanol–water partition coefficient (Wildman–Crippen LogP) is 10.7. The van der Waals surface area contributed by atoms with Gasteiger partial charge in [0.15, 0.2) is 0 Å². The third-order valence-electron chi connectivity index (χ3n) is 10.3. The van der Waals surface area contributed by atoms with Crippen LogP contribution in [0.1, 0.15) is 156 Å². The number of hydrogen-bond donors (Lipinski definition) is 0. The van der Waals surface area contributed by atoms with Crippen LogP contribution in [0, 0.1) is 49.9 Å². The van der Waals surface area contributed by atoms with Gasteiger partial charge in [-0.2, -0.15) is 0 Å². The van der Waals surface area contributed by atoms with E-state index in [1.54, 1.807) is 20.8 Å². The first-order valence-electron chi connectivity index (χ1n) is 18.7. The van der Waals surface area contributed by atoms with Crippen molar-refractivity contribution in [1.82, 2.24) is 0 Å². The third-order valence-corrected chi connectivity index (χ3v) is 10.3. The molecule has 270 valence electrons. The molecule has 0 aliphatic carbocycles. The summed E-state index contributed by atoms with van der Waals surface area (Å²) in [6, 6.07) is 0. The Morgan fingerprint density at radius 3 is 1.94 bits per heavy atom. The van der Waals surface area contributed by atoms with E-state index in [1.807, 2.05) is 27.7 Å². The van der Waals surface area contributed by atoms with E-state index in [4.69, 9.17) is 18.9 Å². The van der Waals surface area contributed by atoms with Crippen LogP contribution in [0.25, 0.3) is 0 Å². The van der Waals surface area contributed by atoms with Gasteiger partial charge in [-0.25, -0.2) is 0 Å². The van der Waals surface area contributed by atoms with Gasteiger partial charge in [0, 0.05) is 5.56 Å². The number of carbonyl (C=O) groups excluding carboxylic acids is 2. The topological polar surface area (TPSA) is 71.1 Å². The second-order valence-corrected chi connectivity index (χ2v) is 16.5. The maximum Gasteiger partial charge on any atom is 0.323 e. The van der Waals surface area contributed by atoms with Crippen molar-refractivity contribution < 1.29 is 28.5 Å². The van der Waals surface area contributed by atoms with Crippen LogP contribution in [-0.4, -0.2) is 36.9 Å². The van der Waals surface area contributed by atoms with E-state index in [0.717, 1.165) is 65.0 Å². The lowest BCUT2D eigenvalue weighted by Crippen LogP contribution is -2.42. The number of fused-ring (bicyclic) bond motifs is 1. The second kappa shape index (κ2) is 18.6. The summed E-state index contributed by atoms with van der Waals surface area (Å²) in [6.07, 6.45) is 13.3. The highest BCUT2D eigenvalue weighted by Gasteiger charge is 2.40. The van der Waals surface area contributed by atoms with Crippen LogP contribution in [0.3, 0.4) is 0 Å². The van der Waals surface area contributed by atoms with Gasteiger partial charge >= 0.3 is 11.9 Å². The molecule has 1 unspecified atom stereocenters. The van der Waals surface area contributed by atoms with E-state index < -0.39 is 11.4 Å². The van der Waals surface area contributed by atoms with Crippen LogP contribution in [0.4, 0.5) is 0 Å². The largest absolute Gasteiger partial charge is 0.487 e. The summed E-state index contributed by atoms with van der Waals surface area (Å²) in [5.41, 5.74) is 2.63. The maximum atomic E-state index is 13.7. The fourth-order valence-electron chi connectivity index (χ4n) is 6.54. The molecule has 0 spiro atoms. The van der Waals surface area contributed by atoms with Crippen LogP contribution in [-0.2, 0) is 25.5 Å². The van der Waals surface area contributed by atoms with Gasteiger partial charge in [0.2, 0.25) is 0 Å². The molecule has 1 heterocycles. The van der Waals surface area contributed by atoms with Crippen LogP contribution in [0.2, 0.25) is 0 Å². The Hall–Kier alpha value is -2.08. The van der Waals surface area contributed by atoms with Gasteiger partial charge in [-0.05, 0) is 109 Å². The van der Waals surface area contributed by atoms with Crippen molar-refractivity contribution in [2.45, 2.75) is 172 Å². The number of rotatable bonds is 20. The average Bonchev–Trinajstić information content (AvgIpc) is 2.99. The van der Waals surface area contributed by atoms with Gasteiger partial charge in [0.05, 0.1) is 18.6 Å². The minimum atomic E-state index is -1.14. The zero-order valence-corrected chi connectivity index (χ0v) is 32.5.